The van der Waals surface area contributed by atoms with Crippen LogP contribution in [0.3, 0.4) is 0 Å². The predicted octanol–water partition coefficient (Wildman–Crippen LogP) is 3.69. The van der Waals surface area contributed by atoms with Crippen molar-refractivity contribution in [1.82, 2.24) is 10.1 Å². The molecule has 2 heterocycles. The van der Waals surface area contributed by atoms with Crippen LogP contribution in [0, 0.1) is 6.92 Å². The number of rotatable bonds is 2. The van der Waals surface area contributed by atoms with Crippen LogP contribution in [0.15, 0.2) is 4.52 Å². The summed E-state index contributed by atoms with van der Waals surface area (Å²) >= 11 is 0. The molecule has 0 spiro atoms. The first-order valence-corrected chi connectivity index (χ1v) is 7.64. The zero-order valence-electron chi connectivity index (χ0n) is 13.3. The summed E-state index contributed by atoms with van der Waals surface area (Å²) in [4.78, 5) is 15.0. The minimum atomic E-state index is -0.180. The van der Waals surface area contributed by atoms with E-state index >= 15 is 0 Å². The Kier molecular flexibility index (Phi) is 4.21. The van der Waals surface area contributed by atoms with E-state index in [-0.39, 0.29) is 11.3 Å². The van der Waals surface area contributed by atoms with Crippen molar-refractivity contribution in [2.24, 2.45) is 0 Å². The summed E-state index contributed by atoms with van der Waals surface area (Å²) in [5, 5.41) is 4.13. The Bertz CT molecular complexity index is 485. The summed E-state index contributed by atoms with van der Waals surface area (Å²) in [6, 6.07) is 0.360. The minimum absolute atomic E-state index is 0.0974. The number of piperidine rings is 1. The van der Waals surface area contributed by atoms with Gasteiger partial charge in [0.1, 0.15) is 17.0 Å². The number of hydrogen-bond donors (Lipinski definition) is 0. The Labute approximate surface area is 121 Å². The van der Waals surface area contributed by atoms with Crippen molar-refractivity contribution in [3.05, 3.63) is 17.0 Å². The Hall–Kier alpha value is -1.32. The van der Waals surface area contributed by atoms with E-state index in [9.17, 15) is 4.79 Å². The fourth-order valence-electron chi connectivity index (χ4n) is 2.97. The standard InChI is InChI=1S/C16H26N2O2/c1-6-12-9-7-8-10-18(12)15(19)13-11(2)20-17-14(13)16(3,4)5/h12H,6-10H2,1-5H3. The first-order chi connectivity index (χ1) is 9.36. The lowest BCUT2D eigenvalue weighted by Crippen LogP contribution is -2.44. The number of carbonyl (C=O) groups is 1. The van der Waals surface area contributed by atoms with E-state index in [1.165, 1.54) is 6.42 Å². The van der Waals surface area contributed by atoms with Crippen LogP contribution >= 0.6 is 0 Å². The molecule has 1 amide bonds. The lowest BCUT2D eigenvalue weighted by molar-refractivity contribution is 0.0604. The molecule has 0 saturated carbocycles. The average molecular weight is 278 g/mol. The fraction of sp³-hybridized carbons (Fsp3) is 0.750. The molecule has 0 aliphatic carbocycles. The number of amides is 1. The molecule has 1 atom stereocenters. The van der Waals surface area contributed by atoms with E-state index in [2.05, 4.69) is 32.9 Å². The smallest absolute Gasteiger partial charge is 0.259 e. The molecule has 4 nitrogen and oxygen atoms in total. The Morgan fingerprint density at radius 2 is 2.10 bits per heavy atom. The molecule has 112 valence electrons. The highest BCUT2D eigenvalue weighted by Crippen LogP contribution is 2.30. The molecule has 1 aromatic rings. The van der Waals surface area contributed by atoms with Gasteiger partial charge in [0, 0.05) is 18.0 Å². The van der Waals surface area contributed by atoms with Crippen LogP contribution in [-0.2, 0) is 5.41 Å². The fourth-order valence-corrected chi connectivity index (χ4v) is 2.97. The van der Waals surface area contributed by atoms with E-state index in [1.54, 1.807) is 0 Å². The summed E-state index contributed by atoms with van der Waals surface area (Å²) in [6.07, 6.45) is 4.44. The van der Waals surface area contributed by atoms with Crippen LogP contribution in [0.25, 0.3) is 0 Å². The first-order valence-electron chi connectivity index (χ1n) is 7.64. The molecule has 0 radical (unpaired) electrons. The molecule has 0 N–H and O–H groups in total. The molecule has 20 heavy (non-hydrogen) atoms. The largest absolute Gasteiger partial charge is 0.361 e. The second-order valence-electron chi connectivity index (χ2n) is 6.77. The normalized spacial score (nSPS) is 20.2. The van der Waals surface area contributed by atoms with Crippen molar-refractivity contribution in [3.63, 3.8) is 0 Å². The predicted molar refractivity (Wildman–Crippen MR) is 78.9 cm³/mol. The molecule has 0 bridgehead atoms. The molecular weight excluding hydrogens is 252 g/mol. The van der Waals surface area contributed by atoms with Crippen molar-refractivity contribution >= 4 is 5.91 Å². The van der Waals surface area contributed by atoms with Gasteiger partial charge in [0.2, 0.25) is 0 Å². The number of aromatic nitrogens is 1. The van der Waals surface area contributed by atoms with Crippen molar-refractivity contribution in [2.75, 3.05) is 6.54 Å². The maximum Gasteiger partial charge on any atom is 0.259 e. The molecule has 4 heteroatoms. The van der Waals surface area contributed by atoms with Gasteiger partial charge in [-0.3, -0.25) is 4.79 Å². The number of aryl methyl sites for hydroxylation is 1. The topological polar surface area (TPSA) is 46.3 Å². The van der Waals surface area contributed by atoms with Gasteiger partial charge in [-0.2, -0.15) is 0 Å². The van der Waals surface area contributed by atoms with Crippen LogP contribution in [0.5, 0.6) is 0 Å². The summed E-state index contributed by atoms with van der Waals surface area (Å²) in [5.41, 5.74) is 1.28. The highest BCUT2D eigenvalue weighted by Gasteiger charge is 2.34. The van der Waals surface area contributed by atoms with Gasteiger partial charge in [0.05, 0.1) is 0 Å². The van der Waals surface area contributed by atoms with E-state index in [1.807, 2.05) is 11.8 Å². The van der Waals surface area contributed by atoms with Crippen LogP contribution in [-0.4, -0.2) is 28.6 Å². The van der Waals surface area contributed by atoms with Crippen molar-refractivity contribution in [2.45, 2.75) is 71.8 Å². The second kappa shape index (κ2) is 5.58. The van der Waals surface area contributed by atoms with Gasteiger partial charge >= 0.3 is 0 Å². The van der Waals surface area contributed by atoms with Gasteiger partial charge in [0.15, 0.2) is 0 Å². The molecule has 1 aromatic heterocycles. The maximum absolute atomic E-state index is 12.9. The number of hydrogen-bond acceptors (Lipinski definition) is 3. The lowest BCUT2D eigenvalue weighted by atomic mass is 9.88. The third kappa shape index (κ3) is 2.74. The molecule has 1 aliphatic rings. The van der Waals surface area contributed by atoms with Crippen LogP contribution < -0.4 is 0 Å². The highest BCUT2D eigenvalue weighted by molar-refractivity contribution is 5.96. The molecule has 1 fully saturated rings. The zero-order chi connectivity index (χ0) is 14.9. The zero-order valence-corrected chi connectivity index (χ0v) is 13.3. The van der Waals surface area contributed by atoms with Crippen LogP contribution in [0.1, 0.15) is 75.2 Å². The quantitative estimate of drug-likeness (QED) is 0.829. The van der Waals surface area contributed by atoms with Crippen LogP contribution in [0.2, 0.25) is 0 Å². The van der Waals surface area contributed by atoms with E-state index in [4.69, 9.17) is 4.52 Å². The van der Waals surface area contributed by atoms with E-state index in [0.717, 1.165) is 31.5 Å². The molecule has 1 aliphatic heterocycles. The minimum Gasteiger partial charge on any atom is -0.361 e. The molecule has 2 rings (SSSR count). The third-order valence-electron chi connectivity index (χ3n) is 4.15. The molecule has 1 saturated heterocycles. The third-order valence-corrected chi connectivity index (χ3v) is 4.15. The second-order valence-corrected chi connectivity index (χ2v) is 6.77. The maximum atomic E-state index is 12.9. The molecular formula is C16H26N2O2. The summed E-state index contributed by atoms with van der Waals surface area (Å²) in [5.74, 6) is 0.737. The summed E-state index contributed by atoms with van der Waals surface area (Å²) < 4.78 is 5.31. The molecule has 1 unspecified atom stereocenters. The Morgan fingerprint density at radius 1 is 1.40 bits per heavy atom. The number of likely N-dealkylation sites (tertiary alicyclic amines) is 1. The van der Waals surface area contributed by atoms with Gasteiger partial charge in [-0.25, -0.2) is 0 Å². The van der Waals surface area contributed by atoms with Crippen molar-refractivity contribution in [3.8, 4) is 0 Å². The Balaban J connectivity index is 2.35. The summed E-state index contributed by atoms with van der Waals surface area (Å²) in [6.45, 7) is 11.0. The van der Waals surface area contributed by atoms with Gasteiger partial charge in [0.25, 0.3) is 5.91 Å². The average Bonchev–Trinajstić information content (AvgIpc) is 2.79. The number of nitrogens with zero attached hydrogens (tertiary/aromatic N) is 2. The highest BCUT2D eigenvalue weighted by atomic mass is 16.5. The Morgan fingerprint density at radius 3 is 2.70 bits per heavy atom. The summed E-state index contributed by atoms with van der Waals surface area (Å²) in [7, 11) is 0. The molecule has 0 aromatic carbocycles. The van der Waals surface area contributed by atoms with Crippen molar-refractivity contribution in [1.29, 1.82) is 0 Å². The van der Waals surface area contributed by atoms with Gasteiger partial charge in [-0.15, -0.1) is 0 Å². The van der Waals surface area contributed by atoms with Gasteiger partial charge in [-0.1, -0.05) is 32.9 Å². The number of carbonyl (C=O) groups excluding carboxylic acids is 1. The van der Waals surface area contributed by atoms with Gasteiger partial charge in [-0.05, 0) is 32.6 Å². The van der Waals surface area contributed by atoms with Crippen LogP contribution in [0.4, 0.5) is 0 Å². The van der Waals surface area contributed by atoms with E-state index < -0.39 is 0 Å². The first kappa shape index (κ1) is 15.1. The SMILES string of the molecule is CCC1CCCCN1C(=O)c1c(C(C)(C)C)noc1C. The monoisotopic (exact) mass is 278 g/mol. The van der Waals surface area contributed by atoms with E-state index in [0.29, 0.717) is 17.4 Å². The lowest BCUT2D eigenvalue weighted by Gasteiger charge is -2.35. The van der Waals surface area contributed by atoms with Gasteiger partial charge < -0.3 is 9.42 Å². The van der Waals surface area contributed by atoms with Crippen molar-refractivity contribution < 1.29 is 9.32 Å².